The predicted octanol–water partition coefficient (Wildman–Crippen LogP) is 3.35. The van der Waals surface area contributed by atoms with Crippen molar-refractivity contribution >= 4 is 0 Å². The number of ether oxygens (including phenoxy) is 1. The molecule has 0 aliphatic heterocycles. The van der Waals surface area contributed by atoms with Crippen LogP contribution in [-0.4, -0.2) is 12.6 Å². The summed E-state index contributed by atoms with van der Waals surface area (Å²) >= 11 is 0. The molecular weight excluding hydrogens is 210 g/mol. The van der Waals surface area contributed by atoms with Gasteiger partial charge in [-0.3, -0.25) is 0 Å². The van der Waals surface area contributed by atoms with Crippen molar-refractivity contribution < 1.29 is 4.74 Å². The van der Waals surface area contributed by atoms with Crippen molar-refractivity contribution in [2.75, 3.05) is 6.61 Å². The van der Waals surface area contributed by atoms with Gasteiger partial charge in [-0.05, 0) is 23.0 Å². The van der Waals surface area contributed by atoms with E-state index in [4.69, 9.17) is 10.5 Å². The Bertz CT molecular complexity index is 352. The van der Waals surface area contributed by atoms with E-state index in [0.717, 1.165) is 5.75 Å². The lowest BCUT2D eigenvalue weighted by molar-refractivity contribution is 0.254. The Balaban J connectivity index is 2.78. The summed E-state index contributed by atoms with van der Waals surface area (Å²) in [4.78, 5) is 0. The van der Waals surface area contributed by atoms with E-state index < -0.39 is 0 Å². The summed E-state index contributed by atoms with van der Waals surface area (Å²) in [5.41, 5.74) is 7.33. The van der Waals surface area contributed by atoms with Crippen LogP contribution in [0.4, 0.5) is 0 Å². The molecule has 0 spiro atoms. The molecule has 96 valence electrons. The largest absolute Gasteiger partial charge is 0.492 e. The summed E-state index contributed by atoms with van der Waals surface area (Å²) < 4.78 is 5.86. The molecule has 1 aromatic carbocycles. The SMILES string of the molecule is CC(C)[C@@H](N)COc1ccccc1C(C)(C)C. The lowest BCUT2D eigenvalue weighted by atomic mass is 9.86. The molecule has 1 aromatic rings. The van der Waals surface area contributed by atoms with Crippen molar-refractivity contribution in [3.63, 3.8) is 0 Å². The Labute approximate surface area is 105 Å². The summed E-state index contributed by atoms with van der Waals surface area (Å²) in [6, 6.07) is 8.29. The van der Waals surface area contributed by atoms with E-state index in [0.29, 0.717) is 12.5 Å². The highest BCUT2D eigenvalue weighted by Crippen LogP contribution is 2.30. The quantitative estimate of drug-likeness (QED) is 0.868. The van der Waals surface area contributed by atoms with Crippen LogP contribution in [0, 0.1) is 5.92 Å². The minimum absolute atomic E-state index is 0.0861. The average molecular weight is 235 g/mol. The third-order valence-corrected chi connectivity index (χ3v) is 2.98. The zero-order valence-corrected chi connectivity index (χ0v) is 11.7. The number of hydrogen-bond acceptors (Lipinski definition) is 2. The van der Waals surface area contributed by atoms with Crippen LogP contribution in [0.5, 0.6) is 5.75 Å². The number of rotatable bonds is 4. The summed E-state index contributed by atoms with van der Waals surface area (Å²) in [6.45, 7) is 11.4. The van der Waals surface area contributed by atoms with Crippen LogP contribution in [0.25, 0.3) is 0 Å². The molecule has 0 saturated carbocycles. The maximum atomic E-state index is 6.00. The predicted molar refractivity (Wildman–Crippen MR) is 73.5 cm³/mol. The number of hydrogen-bond donors (Lipinski definition) is 1. The standard InChI is InChI=1S/C15H25NO/c1-11(2)13(16)10-17-14-9-7-6-8-12(14)15(3,4)5/h6-9,11,13H,10,16H2,1-5H3/t13-/m0/s1. The van der Waals surface area contributed by atoms with Gasteiger partial charge in [0.15, 0.2) is 0 Å². The van der Waals surface area contributed by atoms with E-state index >= 15 is 0 Å². The number of para-hydroxylation sites is 1. The van der Waals surface area contributed by atoms with E-state index in [1.807, 2.05) is 12.1 Å². The van der Waals surface area contributed by atoms with Crippen molar-refractivity contribution in [1.82, 2.24) is 0 Å². The second-order valence-electron chi connectivity index (χ2n) is 5.97. The van der Waals surface area contributed by atoms with E-state index in [1.54, 1.807) is 0 Å². The van der Waals surface area contributed by atoms with Gasteiger partial charge in [0, 0.05) is 6.04 Å². The average Bonchev–Trinajstić information content (AvgIpc) is 2.24. The van der Waals surface area contributed by atoms with Crippen molar-refractivity contribution in [2.24, 2.45) is 11.7 Å². The van der Waals surface area contributed by atoms with Gasteiger partial charge in [-0.2, -0.15) is 0 Å². The van der Waals surface area contributed by atoms with Gasteiger partial charge in [-0.1, -0.05) is 52.8 Å². The monoisotopic (exact) mass is 235 g/mol. The Morgan fingerprint density at radius 3 is 2.29 bits per heavy atom. The van der Waals surface area contributed by atoms with Gasteiger partial charge in [0.1, 0.15) is 12.4 Å². The van der Waals surface area contributed by atoms with Crippen LogP contribution in [0.2, 0.25) is 0 Å². The summed E-state index contributed by atoms with van der Waals surface area (Å²) in [5, 5.41) is 0. The first kappa shape index (κ1) is 14.0. The Morgan fingerprint density at radius 1 is 1.18 bits per heavy atom. The number of nitrogens with two attached hydrogens (primary N) is 1. The fraction of sp³-hybridized carbons (Fsp3) is 0.600. The van der Waals surface area contributed by atoms with Crippen LogP contribution in [0.1, 0.15) is 40.2 Å². The molecule has 0 saturated heterocycles. The molecule has 17 heavy (non-hydrogen) atoms. The first-order chi connectivity index (χ1) is 7.82. The molecule has 0 fully saturated rings. The zero-order valence-electron chi connectivity index (χ0n) is 11.7. The van der Waals surface area contributed by atoms with Crippen molar-refractivity contribution in [3.05, 3.63) is 29.8 Å². The van der Waals surface area contributed by atoms with E-state index in [-0.39, 0.29) is 11.5 Å². The van der Waals surface area contributed by atoms with E-state index in [2.05, 4.69) is 46.8 Å². The maximum absolute atomic E-state index is 6.00. The molecule has 0 bridgehead atoms. The van der Waals surface area contributed by atoms with Crippen LogP contribution in [0.3, 0.4) is 0 Å². The lowest BCUT2D eigenvalue weighted by Gasteiger charge is -2.24. The van der Waals surface area contributed by atoms with E-state index in [1.165, 1.54) is 5.56 Å². The first-order valence-corrected chi connectivity index (χ1v) is 6.30. The number of benzene rings is 1. The molecule has 2 heteroatoms. The molecule has 2 nitrogen and oxygen atoms in total. The van der Waals surface area contributed by atoms with Crippen LogP contribution in [0.15, 0.2) is 24.3 Å². The lowest BCUT2D eigenvalue weighted by Crippen LogP contribution is -2.33. The highest BCUT2D eigenvalue weighted by molar-refractivity contribution is 5.38. The third kappa shape index (κ3) is 4.04. The molecule has 0 aliphatic carbocycles. The highest BCUT2D eigenvalue weighted by atomic mass is 16.5. The normalized spacial score (nSPS) is 13.8. The Kier molecular flexibility index (Phi) is 4.58. The molecule has 0 heterocycles. The smallest absolute Gasteiger partial charge is 0.123 e. The van der Waals surface area contributed by atoms with Crippen molar-refractivity contribution in [3.8, 4) is 5.75 Å². The molecule has 0 aromatic heterocycles. The third-order valence-electron chi connectivity index (χ3n) is 2.98. The van der Waals surface area contributed by atoms with Gasteiger partial charge in [0.05, 0.1) is 0 Å². The molecule has 0 unspecified atom stereocenters. The fourth-order valence-electron chi connectivity index (χ4n) is 1.59. The van der Waals surface area contributed by atoms with Gasteiger partial charge in [0.25, 0.3) is 0 Å². The van der Waals surface area contributed by atoms with E-state index in [9.17, 15) is 0 Å². The Hall–Kier alpha value is -1.02. The van der Waals surface area contributed by atoms with Crippen LogP contribution in [-0.2, 0) is 5.41 Å². The van der Waals surface area contributed by atoms with Gasteiger partial charge < -0.3 is 10.5 Å². The van der Waals surface area contributed by atoms with Crippen molar-refractivity contribution in [2.45, 2.75) is 46.1 Å². The minimum atomic E-state index is 0.0861. The molecule has 2 N–H and O–H groups in total. The van der Waals surface area contributed by atoms with Gasteiger partial charge in [-0.15, -0.1) is 0 Å². The zero-order chi connectivity index (χ0) is 13.1. The summed E-state index contributed by atoms with van der Waals surface area (Å²) in [5.74, 6) is 1.40. The van der Waals surface area contributed by atoms with Gasteiger partial charge in [-0.25, -0.2) is 0 Å². The maximum Gasteiger partial charge on any atom is 0.123 e. The summed E-state index contributed by atoms with van der Waals surface area (Å²) in [6.07, 6.45) is 0. The molecule has 1 rings (SSSR count). The molecular formula is C15H25NO. The summed E-state index contributed by atoms with van der Waals surface area (Å²) in [7, 11) is 0. The fourth-order valence-corrected chi connectivity index (χ4v) is 1.59. The van der Waals surface area contributed by atoms with Crippen molar-refractivity contribution in [1.29, 1.82) is 0 Å². The van der Waals surface area contributed by atoms with Gasteiger partial charge in [0.2, 0.25) is 0 Å². The second kappa shape index (κ2) is 5.54. The molecule has 0 amide bonds. The van der Waals surface area contributed by atoms with Gasteiger partial charge >= 0.3 is 0 Å². The highest BCUT2D eigenvalue weighted by Gasteiger charge is 2.19. The topological polar surface area (TPSA) is 35.2 Å². The van der Waals surface area contributed by atoms with Crippen LogP contribution < -0.4 is 10.5 Å². The second-order valence-corrected chi connectivity index (χ2v) is 5.97. The molecule has 1 atom stereocenters. The van der Waals surface area contributed by atoms with Crippen LogP contribution >= 0.6 is 0 Å². The molecule has 0 aliphatic rings. The Morgan fingerprint density at radius 2 is 1.76 bits per heavy atom. The first-order valence-electron chi connectivity index (χ1n) is 6.30. The minimum Gasteiger partial charge on any atom is -0.492 e. The molecule has 0 radical (unpaired) electrons.